The predicted molar refractivity (Wildman–Crippen MR) is 80.1 cm³/mol. The molecule has 0 fully saturated rings. The first kappa shape index (κ1) is 13.7. The van der Waals surface area contributed by atoms with E-state index in [-0.39, 0.29) is 5.91 Å². The van der Waals surface area contributed by atoms with E-state index in [4.69, 9.17) is 0 Å². The van der Waals surface area contributed by atoms with Crippen molar-refractivity contribution in [3.05, 3.63) is 46.0 Å². The molecule has 100 valence electrons. The summed E-state index contributed by atoms with van der Waals surface area (Å²) in [6, 6.07) is 7.90. The van der Waals surface area contributed by atoms with Gasteiger partial charge in [-0.2, -0.15) is 4.37 Å². The summed E-state index contributed by atoms with van der Waals surface area (Å²) in [7, 11) is 0. The van der Waals surface area contributed by atoms with Gasteiger partial charge < -0.3 is 5.32 Å². The topological polar surface area (TPSA) is 42.0 Å². The number of aromatic nitrogens is 1. The van der Waals surface area contributed by atoms with Gasteiger partial charge in [0.25, 0.3) is 5.91 Å². The van der Waals surface area contributed by atoms with Crippen molar-refractivity contribution in [3.63, 3.8) is 0 Å². The lowest BCUT2D eigenvalue weighted by molar-refractivity contribution is 0.102. The second kappa shape index (κ2) is 5.53. The average molecular weight is 274 g/mol. The van der Waals surface area contributed by atoms with E-state index in [1.165, 1.54) is 11.5 Å². The van der Waals surface area contributed by atoms with Gasteiger partial charge in [0.2, 0.25) is 0 Å². The molecular formula is C15H18N2OS. The zero-order chi connectivity index (χ0) is 14.0. The molecule has 0 saturated carbocycles. The van der Waals surface area contributed by atoms with Gasteiger partial charge in [0.1, 0.15) is 5.69 Å². The molecule has 0 saturated heterocycles. The van der Waals surface area contributed by atoms with E-state index in [1.54, 1.807) is 0 Å². The molecule has 3 nitrogen and oxygen atoms in total. The van der Waals surface area contributed by atoms with Gasteiger partial charge in [-0.25, -0.2) is 0 Å². The van der Waals surface area contributed by atoms with E-state index in [1.807, 2.05) is 32.0 Å². The summed E-state index contributed by atoms with van der Waals surface area (Å²) in [5.41, 5.74) is 3.63. The van der Waals surface area contributed by atoms with Gasteiger partial charge in [0.15, 0.2) is 0 Å². The molecule has 1 aromatic carbocycles. The van der Waals surface area contributed by atoms with Gasteiger partial charge in [-0.05, 0) is 48.5 Å². The first-order chi connectivity index (χ1) is 8.99. The Bertz CT molecular complexity index is 602. The number of amides is 1. The minimum atomic E-state index is -0.138. The van der Waals surface area contributed by atoms with E-state index in [9.17, 15) is 4.79 Å². The maximum atomic E-state index is 12.2. The molecule has 2 rings (SSSR count). The Morgan fingerprint density at radius 3 is 2.63 bits per heavy atom. The number of aryl methyl sites for hydroxylation is 2. The number of nitrogens with one attached hydrogen (secondary N) is 1. The van der Waals surface area contributed by atoms with Gasteiger partial charge in [-0.1, -0.05) is 32.0 Å². The molecule has 0 unspecified atom stereocenters. The molecule has 0 aliphatic heterocycles. The Hall–Kier alpha value is -1.68. The van der Waals surface area contributed by atoms with E-state index in [0.29, 0.717) is 11.6 Å². The van der Waals surface area contributed by atoms with Crippen molar-refractivity contribution in [3.8, 4) is 0 Å². The molecule has 0 aliphatic carbocycles. The van der Waals surface area contributed by atoms with E-state index >= 15 is 0 Å². The lowest BCUT2D eigenvalue weighted by atomic mass is 9.98. The lowest BCUT2D eigenvalue weighted by Crippen LogP contribution is -2.15. The number of hydrogen-bond donors (Lipinski definition) is 1. The van der Waals surface area contributed by atoms with E-state index < -0.39 is 0 Å². The van der Waals surface area contributed by atoms with E-state index in [2.05, 4.69) is 29.6 Å². The molecular weight excluding hydrogens is 256 g/mol. The number of nitrogens with zero attached hydrogens (tertiary/aromatic N) is 1. The molecule has 1 aromatic heterocycles. The van der Waals surface area contributed by atoms with Crippen LogP contribution in [0.15, 0.2) is 24.3 Å². The Morgan fingerprint density at radius 2 is 2.05 bits per heavy atom. The number of carbonyl (C=O) groups is 1. The Labute approximate surface area is 117 Å². The molecule has 0 radical (unpaired) electrons. The molecule has 2 aromatic rings. The van der Waals surface area contributed by atoms with Crippen molar-refractivity contribution < 1.29 is 4.79 Å². The zero-order valence-corrected chi connectivity index (χ0v) is 12.5. The number of para-hydroxylation sites is 1. The zero-order valence-electron chi connectivity index (χ0n) is 11.7. The highest BCUT2D eigenvalue weighted by Crippen LogP contribution is 2.27. The predicted octanol–water partition coefficient (Wildman–Crippen LogP) is 4.14. The van der Waals surface area contributed by atoms with Crippen LogP contribution in [0.2, 0.25) is 0 Å². The fraction of sp³-hybridized carbons (Fsp3) is 0.333. The normalized spacial score (nSPS) is 10.8. The Morgan fingerprint density at radius 1 is 1.32 bits per heavy atom. The summed E-state index contributed by atoms with van der Waals surface area (Å²) in [4.78, 5) is 13.2. The van der Waals surface area contributed by atoms with Crippen molar-refractivity contribution in [1.82, 2.24) is 4.37 Å². The molecule has 0 atom stereocenters. The molecule has 0 spiro atoms. The number of rotatable bonds is 3. The summed E-state index contributed by atoms with van der Waals surface area (Å²) in [5.74, 6) is 0.230. The van der Waals surface area contributed by atoms with Gasteiger partial charge in [-0.3, -0.25) is 4.79 Å². The van der Waals surface area contributed by atoms with Crippen molar-refractivity contribution in [2.75, 3.05) is 5.32 Å². The average Bonchev–Trinajstić information content (AvgIpc) is 2.78. The maximum Gasteiger partial charge on any atom is 0.275 e. The molecule has 1 heterocycles. The maximum absolute atomic E-state index is 12.2. The van der Waals surface area contributed by atoms with E-state index in [0.717, 1.165) is 21.7 Å². The fourth-order valence-electron chi connectivity index (χ4n) is 1.99. The third-order valence-corrected chi connectivity index (χ3v) is 3.72. The molecule has 0 bridgehead atoms. The van der Waals surface area contributed by atoms with Crippen molar-refractivity contribution >= 4 is 23.1 Å². The van der Waals surface area contributed by atoms with Crippen molar-refractivity contribution in [2.45, 2.75) is 33.6 Å². The van der Waals surface area contributed by atoms with Crippen LogP contribution in [0, 0.1) is 13.8 Å². The molecule has 19 heavy (non-hydrogen) atoms. The quantitative estimate of drug-likeness (QED) is 0.914. The number of carbonyl (C=O) groups excluding carboxylic acids is 1. The number of benzene rings is 1. The van der Waals surface area contributed by atoms with Crippen LogP contribution in [0.5, 0.6) is 0 Å². The minimum absolute atomic E-state index is 0.138. The van der Waals surface area contributed by atoms with Gasteiger partial charge in [0.05, 0.1) is 0 Å². The summed E-state index contributed by atoms with van der Waals surface area (Å²) >= 11 is 1.35. The van der Waals surface area contributed by atoms with Gasteiger partial charge in [0, 0.05) is 10.6 Å². The summed E-state index contributed by atoms with van der Waals surface area (Å²) in [6.07, 6.45) is 0. The highest BCUT2D eigenvalue weighted by molar-refractivity contribution is 7.05. The first-order valence-electron chi connectivity index (χ1n) is 6.33. The van der Waals surface area contributed by atoms with Crippen LogP contribution in [0.1, 0.15) is 46.3 Å². The standard InChI is InChI=1S/C15H18N2OS/c1-9(2)12-7-5-6-10(3)14(12)16-15(18)13-8-11(4)19-17-13/h5-9H,1-4H3,(H,16,18). The van der Waals surface area contributed by atoms with Crippen LogP contribution < -0.4 is 5.32 Å². The third kappa shape index (κ3) is 3.01. The van der Waals surface area contributed by atoms with Crippen LogP contribution in [-0.4, -0.2) is 10.3 Å². The molecule has 1 amide bonds. The monoisotopic (exact) mass is 274 g/mol. The Kier molecular flexibility index (Phi) is 4.00. The molecule has 1 N–H and O–H groups in total. The van der Waals surface area contributed by atoms with Crippen LogP contribution in [-0.2, 0) is 0 Å². The second-order valence-corrected chi connectivity index (χ2v) is 5.98. The summed E-state index contributed by atoms with van der Waals surface area (Å²) < 4.78 is 4.15. The third-order valence-electron chi connectivity index (χ3n) is 3.03. The SMILES string of the molecule is Cc1cc(C(=O)Nc2c(C)cccc2C(C)C)ns1. The Balaban J connectivity index is 2.31. The second-order valence-electron chi connectivity index (χ2n) is 4.97. The first-order valence-corrected chi connectivity index (χ1v) is 7.10. The largest absolute Gasteiger partial charge is 0.320 e. The van der Waals surface area contributed by atoms with Crippen LogP contribution in [0.4, 0.5) is 5.69 Å². The summed E-state index contributed by atoms with van der Waals surface area (Å²) in [6.45, 7) is 8.20. The number of anilines is 1. The van der Waals surface area contributed by atoms with Gasteiger partial charge >= 0.3 is 0 Å². The van der Waals surface area contributed by atoms with Crippen LogP contribution in [0.25, 0.3) is 0 Å². The minimum Gasteiger partial charge on any atom is -0.320 e. The van der Waals surface area contributed by atoms with Crippen molar-refractivity contribution in [1.29, 1.82) is 0 Å². The molecule has 0 aliphatic rings. The van der Waals surface area contributed by atoms with Crippen molar-refractivity contribution in [2.24, 2.45) is 0 Å². The number of hydrogen-bond acceptors (Lipinski definition) is 3. The highest BCUT2D eigenvalue weighted by Gasteiger charge is 2.14. The molecule has 4 heteroatoms. The highest BCUT2D eigenvalue weighted by atomic mass is 32.1. The smallest absolute Gasteiger partial charge is 0.275 e. The summed E-state index contributed by atoms with van der Waals surface area (Å²) in [5, 5.41) is 3.00. The van der Waals surface area contributed by atoms with Gasteiger partial charge in [-0.15, -0.1) is 0 Å². The van der Waals surface area contributed by atoms with Crippen LogP contribution in [0.3, 0.4) is 0 Å². The van der Waals surface area contributed by atoms with Crippen LogP contribution >= 0.6 is 11.5 Å². The fourth-order valence-corrected chi connectivity index (χ4v) is 2.54. The lowest BCUT2D eigenvalue weighted by Gasteiger charge is -2.15.